The summed E-state index contributed by atoms with van der Waals surface area (Å²) in [6, 6.07) is 9.78. The lowest BCUT2D eigenvalue weighted by molar-refractivity contribution is 0.281. The van der Waals surface area contributed by atoms with Crippen molar-refractivity contribution in [3.63, 3.8) is 0 Å². The van der Waals surface area contributed by atoms with Crippen LogP contribution in [0.5, 0.6) is 5.75 Å². The average molecular weight is 438 g/mol. The molecule has 4 aromatic rings. The Labute approximate surface area is 185 Å². The van der Waals surface area contributed by atoms with Crippen LogP contribution in [-0.2, 0) is 12.0 Å². The molecule has 0 radical (unpaired) electrons. The van der Waals surface area contributed by atoms with Crippen LogP contribution in [0.4, 0.5) is 5.00 Å². The lowest BCUT2D eigenvalue weighted by Crippen LogP contribution is -2.22. The van der Waals surface area contributed by atoms with E-state index in [0.29, 0.717) is 28.3 Å². The monoisotopic (exact) mass is 437 g/mol. The zero-order chi connectivity index (χ0) is 22.3. The number of rotatable bonds is 5. The topological polar surface area (TPSA) is 75.8 Å². The molecule has 0 saturated carbocycles. The van der Waals surface area contributed by atoms with Gasteiger partial charge >= 0.3 is 0 Å². The van der Waals surface area contributed by atoms with Gasteiger partial charge < -0.3 is 14.7 Å². The quantitative estimate of drug-likeness (QED) is 0.517. The molecule has 31 heavy (non-hydrogen) atoms. The van der Waals surface area contributed by atoms with Gasteiger partial charge in [0.1, 0.15) is 5.75 Å². The summed E-state index contributed by atoms with van der Waals surface area (Å²) >= 11 is 1.71. The lowest BCUT2D eigenvalue weighted by Gasteiger charge is -2.15. The minimum atomic E-state index is -0.188. The van der Waals surface area contributed by atoms with Crippen LogP contribution in [-0.4, -0.2) is 46.1 Å². The van der Waals surface area contributed by atoms with Crippen LogP contribution in [0.2, 0.25) is 0 Å². The van der Waals surface area contributed by atoms with Crippen LogP contribution in [0.25, 0.3) is 23.1 Å². The number of ether oxygens (including phenoxy) is 1. The number of methoxy groups -OCH3 is 1. The van der Waals surface area contributed by atoms with E-state index in [1.807, 2.05) is 32.3 Å². The van der Waals surface area contributed by atoms with E-state index in [1.165, 1.54) is 5.00 Å². The van der Waals surface area contributed by atoms with Crippen molar-refractivity contribution in [1.29, 1.82) is 0 Å². The highest BCUT2D eigenvalue weighted by Crippen LogP contribution is 2.33. The molecule has 0 amide bonds. The number of hydrogen-bond donors (Lipinski definition) is 1. The first-order valence-electron chi connectivity index (χ1n) is 10.1. The molecule has 0 saturated heterocycles. The van der Waals surface area contributed by atoms with Crippen LogP contribution < -0.4 is 14.9 Å². The fourth-order valence-electron chi connectivity index (χ4n) is 3.58. The molecule has 0 aliphatic carbocycles. The molecule has 0 bridgehead atoms. The predicted octanol–water partition coefficient (Wildman–Crippen LogP) is 3.26. The highest BCUT2D eigenvalue weighted by atomic mass is 32.1. The molecule has 7 nitrogen and oxygen atoms in total. The minimum absolute atomic E-state index is 0.129. The standard InChI is InChI=1S/C23H27N5O2S/c1-23(2,3)20-16(12-15-10-11-18(31-15)27(4)5)21-24-25-22(28(21)26-20)19-14(13-29)8-7-9-17(19)30-6/h7-12,29H,13H2,1-6H3/b16-12-. The smallest absolute Gasteiger partial charge is 0.189 e. The molecule has 0 aliphatic heterocycles. The van der Waals surface area contributed by atoms with E-state index in [9.17, 15) is 5.11 Å². The van der Waals surface area contributed by atoms with Gasteiger partial charge in [-0.25, -0.2) is 0 Å². The molecule has 162 valence electrons. The summed E-state index contributed by atoms with van der Waals surface area (Å²) in [6.45, 7) is 6.29. The number of aliphatic hydroxyl groups is 1. The number of anilines is 1. The number of aromatic nitrogens is 4. The normalized spacial score (nSPS) is 12.7. The molecular formula is C23H27N5O2S. The summed E-state index contributed by atoms with van der Waals surface area (Å²) < 4.78 is 7.32. The number of fused-ring (bicyclic) bond motifs is 1. The zero-order valence-electron chi connectivity index (χ0n) is 18.7. The number of nitrogens with zero attached hydrogens (tertiary/aromatic N) is 5. The largest absolute Gasteiger partial charge is 0.496 e. The van der Waals surface area contributed by atoms with Crippen LogP contribution in [0.1, 0.15) is 36.9 Å². The summed E-state index contributed by atoms with van der Waals surface area (Å²) in [5.41, 5.74) is 2.86. The molecule has 0 aliphatic rings. The molecule has 0 unspecified atom stereocenters. The van der Waals surface area contributed by atoms with Crippen LogP contribution in [0.3, 0.4) is 0 Å². The van der Waals surface area contributed by atoms with E-state index < -0.39 is 0 Å². The third kappa shape index (κ3) is 3.77. The number of aliphatic hydroxyl groups excluding tert-OH is 1. The Morgan fingerprint density at radius 1 is 1.16 bits per heavy atom. The Morgan fingerprint density at radius 2 is 1.94 bits per heavy atom. The average Bonchev–Trinajstić information content (AvgIpc) is 3.43. The third-order valence-electron chi connectivity index (χ3n) is 5.11. The summed E-state index contributed by atoms with van der Waals surface area (Å²) in [5, 5.41) is 25.9. The SMILES string of the molecule is COc1cccc(CO)c1-c1nnc2/c(=C\c3ccc(N(C)C)s3)c(C(C)(C)C)nn12. The third-order valence-corrected chi connectivity index (χ3v) is 6.31. The summed E-state index contributed by atoms with van der Waals surface area (Å²) in [4.78, 5) is 3.22. The van der Waals surface area contributed by atoms with Crippen LogP contribution in [0.15, 0.2) is 30.3 Å². The Balaban J connectivity index is 2.00. The number of hydrogen-bond acceptors (Lipinski definition) is 7. The molecule has 3 heterocycles. The first-order chi connectivity index (χ1) is 14.7. The minimum Gasteiger partial charge on any atom is -0.496 e. The van der Waals surface area contributed by atoms with Crippen molar-refractivity contribution in [3.05, 3.63) is 51.7 Å². The van der Waals surface area contributed by atoms with E-state index in [0.717, 1.165) is 15.8 Å². The molecule has 0 spiro atoms. The van der Waals surface area contributed by atoms with Gasteiger partial charge in [0.05, 0.1) is 30.0 Å². The van der Waals surface area contributed by atoms with Gasteiger partial charge in [0.25, 0.3) is 0 Å². The first-order valence-corrected chi connectivity index (χ1v) is 10.9. The van der Waals surface area contributed by atoms with Crippen molar-refractivity contribution < 1.29 is 9.84 Å². The van der Waals surface area contributed by atoms with E-state index in [2.05, 4.69) is 54.1 Å². The molecular weight excluding hydrogens is 410 g/mol. The van der Waals surface area contributed by atoms with Gasteiger partial charge in [-0.1, -0.05) is 32.9 Å². The Hall–Kier alpha value is -2.97. The number of thiophene rings is 1. The summed E-state index contributed by atoms with van der Waals surface area (Å²) in [6.07, 6.45) is 2.13. The van der Waals surface area contributed by atoms with Gasteiger partial charge in [0.15, 0.2) is 11.5 Å². The highest BCUT2D eigenvalue weighted by Gasteiger charge is 2.26. The van der Waals surface area contributed by atoms with Crippen molar-refractivity contribution in [2.45, 2.75) is 32.8 Å². The van der Waals surface area contributed by atoms with Gasteiger partial charge in [0.2, 0.25) is 0 Å². The Morgan fingerprint density at radius 3 is 2.55 bits per heavy atom. The maximum atomic E-state index is 9.90. The molecule has 8 heteroatoms. The first kappa shape index (κ1) is 21.3. The highest BCUT2D eigenvalue weighted by molar-refractivity contribution is 7.16. The molecule has 3 aromatic heterocycles. The van der Waals surface area contributed by atoms with Gasteiger partial charge in [-0.15, -0.1) is 21.5 Å². The maximum Gasteiger partial charge on any atom is 0.189 e. The van der Waals surface area contributed by atoms with Crippen molar-refractivity contribution >= 4 is 28.1 Å². The van der Waals surface area contributed by atoms with Crippen molar-refractivity contribution in [3.8, 4) is 17.1 Å². The molecule has 4 rings (SSSR count). The fraction of sp³-hybridized carbons (Fsp3) is 0.348. The van der Waals surface area contributed by atoms with E-state index in [4.69, 9.17) is 9.84 Å². The van der Waals surface area contributed by atoms with Crippen molar-refractivity contribution in [2.24, 2.45) is 0 Å². The second kappa shape index (κ2) is 7.94. The van der Waals surface area contributed by atoms with Gasteiger partial charge in [0, 0.05) is 29.6 Å². The van der Waals surface area contributed by atoms with E-state index >= 15 is 0 Å². The Bertz CT molecular complexity index is 1260. The second-order valence-corrected chi connectivity index (χ2v) is 9.73. The van der Waals surface area contributed by atoms with Gasteiger partial charge in [-0.3, -0.25) is 0 Å². The summed E-state index contributed by atoms with van der Waals surface area (Å²) in [7, 11) is 5.68. The zero-order valence-corrected chi connectivity index (χ0v) is 19.5. The maximum absolute atomic E-state index is 9.90. The second-order valence-electron chi connectivity index (χ2n) is 8.64. The number of benzene rings is 1. The molecule has 1 aromatic carbocycles. The van der Waals surface area contributed by atoms with E-state index in [1.54, 1.807) is 23.0 Å². The van der Waals surface area contributed by atoms with Crippen molar-refractivity contribution in [1.82, 2.24) is 19.8 Å². The fourth-order valence-corrected chi connectivity index (χ4v) is 4.45. The van der Waals surface area contributed by atoms with Crippen molar-refractivity contribution in [2.75, 3.05) is 26.1 Å². The van der Waals surface area contributed by atoms with E-state index in [-0.39, 0.29) is 12.0 Å². The summed E-state index contributed by atoms with van der Waals surface area (Å²) in [5.74, 6) is 1.18. The molecule has 0 fully saturated rings. The van der Waals surface area contributed by atoms with Gasteiger partial charge in [-0.05, 0) is 29.8 Å². The lowest BCUT2D eigenvalue weighted by atomic mass is 9.91. The molecule has 1 N–H and O–H groups in total. The Kier molecular flexibility index (Phi) is 5.45. The van der Waals surface area contributed by atoms with Crippen LogP contribution in [0, 0.1) is 0 Å². The predicted molar refractivity (Wildman–Crippen MR) is 125 cm³/mol. The van der Waals surface area contributed by atoms with Crippen LogP contribution >= 0.6 is 11.3 Å². The van der Waals surface area contributed by atoms with Gasteiger partial charge in [-0.2, -0.15) is 9.61 Å². The molecule has 0 atom stereocenters.